The molecule has 0 aromatic heterocycles. The second-order valence-electron chi connectivity index (χ2n) is 6.45. The lowest BCUT2D eigenvalue weighted by Gasteiger charge is -2.23. The fourth-order valence-electron chi connectivity index (χ4n) is 2.01. The molecule has 0 aliphatic carbocycles. The van der Waals surface area contributed by atoms with E-state index >= 15 is 0 Å². The molecule has 0 aliphatic heterocycles. The zero-order valence-corrected chi connectivity index (χ0v) is 15.3. The number of ether oxygens (including phenoxy) is 1. The van der Waals surface area contributed by atoms with Gasteiger partial charge in [0, 0.05) is 12.2 Å². The number of rotatable bonds is 9. The first-order chi connectivity index (χ1) is 11.3. The topological polar surface area (TPSA) is 70.7 Å². The van der Waals surface area contributed by atoms with Gasteiger partial charge in [-0.05, 0) is 72.1 Å². The van der Waals surface area contributed by atoms with Gasteiger partial charge in [-0.15, -0.1) is 0 Å². The first kappa shape index (κ1) is 20.0. The van der Waals surface area contributed by atoms with Gasteiger partial charge in [-0.2, -0.15) is 0 Å². The Morgan fingerprint density at radius 2 is 1.75 bits per heavy atom. The molecule has 1 aromatic rings. The van der Waals surface area contributed by atoms with Gasteiger partial charge in [0.15, 0.2) is 0 Å². The van der Waals surface area contributed by atoms with Gasteiger partial charge in [0.05, 0.1) is 6.61 Å². The minimum absolute atomic E-state index is 0.273. The molecule has 0 saturated carbocycles. The van der Waals surface area contributed by atoms with Crippen molar-refractivity contribution in [1.82, 2.24) is 10.2 Å². The highest BCUT2D eigenvalue weighted by atomic mass is 16.5. The average Bonchev–Trinajstić information content (AvgIpc) is 2.53. The Balaban J connectivity index is 2.55. The summed E-state index contributed by atoms with van der Waals surface area (Å²) in [6.45, 7) is 7.19. The van der Waals surface area contributed by atoms with Crippen LogP contribution in [0.25, 0.3) is 0 Å². The second kappa shape index (κ2) is 9.27. The lowest BCUT2D eigenvalue weighted by Crippen LogP contribution is -2.45. The molecule has 24 heavy (non-hydrogen) atoms. The van der Waals surface area contributed by atoms with Gasteiger partial charge in [-0.1, -0.05) is 0 Å². The number of amides is 2. The lowest BCUT2D eigenvalue weighted by molar-refractivity contribution is -0.138. The molecule has 0 bridgehead atoms. The van der Waals surface area contributed by atoms with E-state index in [0.717, 1.165) is 18.7 Å². The van der Waals surface area contributed by atoms with Crippen molar-refractivity contribution < 1.29 is 14.3 Å². The molecule has 1 rings (SSSR count). The van der Waals surface area contributed by atoms with Crippen molar-refractivity contribution >= 4 is 17.5 Å². The summed E-state index contributed by atoms with van der Waals surface area (Å²) < 4.78 is 5.36. The monoisotopic (exact) mass is 335 g/mol. The summed E-state index contributed by atoms with van der Waals surface area (Å²) in [5.74, 6) is 0.134. The highest BCUT2D eigenvalue weighted by Crippen LogP contribution is 2.21. The summed E-state index contributed by atoms with van der Waals surface area (Å²) in [4.78, 5) is 26.7. The van der Waals surface area contributed by atoms with E-state index in [1.807, 2.05) is 21.0 Å². The molecule has 2 amide bonds. The van der Waals surface area contributed by atoms with Gasteiger partial charge in [0.25, 0.3) is 0 Å². The quantitative estimate of drug-likeness (QED) is 0.536. The smallest absolute Gasteiger partial charge is 0.239 e. The zero-order chi connectivity index (χ0) is 18.2. The molecule has 6 heteroatoms. The van der Waals surface area contributed by atoms with Crippen LogP contribution < -0.4 is 15.4 Å². The minimum Gasteiger partial charge on any atom is -0.494 e. The number of hydrogen-bond donors (Lipinski definition) is 2. The molecule has 134 valence electrons. The van der Waals surface area contributed by atoms with E-state index in [-0.39, 0.29) is 11.8 Å². The standard InChI is InChI=1S/C18H29N3O3/c1-6-24-15-10-8-14(9-11-15)20-17(23)18(2,3)16(22)19-12-7-13-21(4)5/h8-11H,6-7,12-13H2,1-5H3,(H,19,22)(H,20,23). The Bertz CT molecular complexity index is 539. The first-order valence-electron chi connectivity index (χ1n) is 8.24. The van der Waals surface area contributed by atoms with Gasteiger partial charge in [0.2, 0.25) is 11.8 Å². The molecule has 0 saturated heterocycles. The molecule has 6 nitrogen and oxygen atoms in total. The predicted molar refractivity (Wildman–Crippen MR) is 96.2 cm³/mol. The molecule has 2 N–H and O–H groups in total. The third-order valence-corrected chi connectivity index (χ3v) is 3.63. The Labute approximate surface area is 144 Å². The summed E-state index contributed by atoms with van der Waals surface area (Å²) in [5.41, 5.74) is -0.506. The highest BCUT2D eigenvalue weighted by Gasteiger charge is 2.35. The number of carbonyl (C=O) groups excluding carboxylic acids is 2. The van der Waals surface area contributed by atoms with E-state index in [2.05, 4.69) is 15.5 Å². The van der Waals surface area contributed by atoms with Gasteiger partial charge in [0.1, 0.15) is 11.2 Å². The second-order valence-corrected chi connectivity index (χ2v) is 6.45. The maximum atomic E-state index is 12.4. The van der Waals surface area contributed by atoms with Crippen LogP contribution in [0.2, 0.25) is 0 Å². The molecule has 0 fully saturated rings. The Morgan fingerprint density at radius 1 is 1.12 bits per heavy atom. The number of benzene rings is 1. The van der Waals surface area contributed by atoms with Crippen LogP contribution >= 0.6 is 0 Å². The predicted octanol–water partition coefficient (Wildman–Crippen LogP) is 2.12. The summed E-state index contributed by atoms with van der Waals surface area (Å²) in [7, 11) is 3.96. The molecule has 0 radical (unpaired) electrons. The molecular weight excluding hydrogens is 306 g/mol. The summed E-state index contributed by atoms with van der Waals surface area (Å²) >= 11 is 0. The maximum Gasteiger partial charge on any atom is 0.239 e. The van der Waals surface area contributed by atoms with E-state index in [1.165, 1.54) is 0 Å². The molecule has 1 aromatic carbocycles. The van der Waals surface area contributed by atoms with Crippen LogP contribution in [0.4, 0.5) is 5.69 Å². The van der Waals surface area contributed by atoms with Crippen LogP contribution in [0, 0.1) is 5.41 Å². The van der Waals surface area contributed by atoms with Crippen molar-refractivity contribution in [1.29, 1.82) is 0 Å². The molecule has 0 spiro atoms. The van der Waals surface area contributed by atoms with E-state index in [9.17, 15) is 9.59 Å². The molecule has 0 atom stereocenters. The summed E-state index contributed by atoms with van der Waals surface area (Å²) in [6.07, 6.45) is 0.843. The van der Waals surface area contributed by atoms with E-state index in [0.29, 0.717) is 18.8 Å². The van der Waals surface area contributed by atoms with Crippen molar-refractivity contribution in [2.45, 2.75) is 27.2 Å². The highest BCUT2D eigenvalue weighted by molar-refractivity contribution is 6.09. The van der Waals surface area contributed by atoms with Crippen LogP contribution in [0.5, 0.6) is 5.75 Å². The minimum atomic E-state index is -1.14. The Morgan fingerprint density at radius 3 is 2.29 bits per heavy atom. The Hall–Kier alpha value is -2.08. The summed E-state index contributed by atoms with van der Waals surface area (Å²) in [6, 6.07) is 7.09. The third kappa shape index (κ3) is 6.20. The van der Waals surface area contributed by atoms with Crippen LogP contribution in [-0.2, 0) is 9.59 Å². The van der Waals surface area contributed by atoms with E-state index in [1.54, 1.807) is 38.1 Å². The van der Waals surface area contributed by atoms with Gasteiger partial charge in [-0.25, -0.2) is 0 Å². The van der Waals surface area contributed by atoms with Crippen molar-refractivity contribution in [3.05, 3.63) is 24.3 Å². The summed E-state index contributed by atoms with van der Waals surface area (Å²) in [5, 5.41) is 5.60. The van der Waals surface area contributed by atoms with Gasteiger partial charge >= 0.3 is 0 Å². The van der Waals surface area contributed by atoms with Gasteiger partial charge in [-0.3, -0.25) is 9.59 Å². The van der Waals surface area contributed by atoms with Crippen LogP contribution in [0.1, 0.15) is 27.2 Å². The third-order valence-electron chi connectivity index (χ3n) is 3.63. The fourth-order valence-corrected chi connectivity index (χ4v) is 2.01. The maximum absolute atomic E-state index is 12.4. The molecule has 0 aliphatic rings. The van der Waals surface area contributed by atoms with Crippen molar-refractivity contribution in [2.75, 3.05) is 39.1 Å². The number of nitrogens with zero attached hydrogens (tertiary/aromatic N) is 1. The lowest BCUT2D eigenvalue weighted by atomic mass is 9.91. The van der Waals surface area contributed by atoms with Crippen molar-refractivity contribution in [3.63, 3.8) is 0 Å². The van der Waals surface area contributed by atoms with Crippen LogP contribution in [0.15, 0.2) is 24.3 Å². The molecule has 0 heterocycles. The first-order valence-corrected chi connectivity index (χ1v) is 8.24. The largest absolute Gasteiger partial charge is 0.494 e. The molecule has 0 unspecified atom stereocenters. The van der Waals surface area contributed by atoms with E-state index in [4.69, 9.17) is 4.74 Å². The van der Waals surface area contributed by atoms with Gasteiger partial charge < -0.3 is 20.3 Å². The normalized spacial score (nSPS) is 11.2. The van der Waals surface area contributed by atoms with Crippen LogP contribution in [0.3, 0.4) is 0 Å². The van der Waals surface area contributed by atoms with Crippen molar-refractivity contribution in [2.24, 2.45) is 5.41 Å². The van der Waals surface area contributed by atoms with Crippen molar-refractivity contribution in [3.8, 4) is 5.75 Å². The number of hydrogen-bond acceptors (Lipinski definition) is 4. The Kier molecular flexibility index (Phi) is 7.71. The SMILES string of the molecule is CCOc1ccc(NC(=O)C(C)(C)C(=O)NCCCN(C)C)cc1. The van der Waals surface area contributed by atoms with Crippen LogP contribution in [-0.4, -0.2) is 50.5 Å². The molecular formula is C18H29N3O3. The van der Waals surface area contributed by atoms with E-state index < -0.39 is 5.41 Å². The number of nitrogens with one attached hydrogen (secondary N) is 2. The number of anilines is 1. The average molecular weight is 335 g/mol. The fraction of sp³-hybridized carbons (Fsp3) is 0.556. The zero-order valence-electron chi connectivity index (χ0n) is 15.3. The number of carbonyl (C=O) groups is 2.